The molecule has 3 heterocycles. The molecule has 4 rings (SSSR count). The maximum atomic E-state index is 13.3. The third-order valence-electron chi connectivity index (χ3n) is 6.94. The standard InChI is InChI=1S/C23H31N9O8S2.C2H6/c24-8-2-1-3-13(25)4-5-14-10-27-31(29-14)11-17-15(20(34)32(17)42(37,38)39)9-18(33)19(16-12-41-22(26)28-16)30-40-23(6-7-23)21(35)36;1-2/h10,12,15,17,25H,1-9,11,24H2,(H2,26,28)(H,35,36)(H,37,38,39);1-2H3/b25-13?,30-19-;/t15-,17+;/m0./s1. The number of nitrogens with zero attached hydrogens (tertiary/aromatic N) is 6. The van der Waals surface area contributed by atoms with E-state index in [-0.39, 0.29) is 40.2 Å². The predicted octanol–water partition coefficient (Wildman–Crippen LogP) is 1.05. The summed E-state index contributed by atoms with van der Waals surface area (Å²) in [6.45, 7) is 4.30. The number of Topliss-reactive ketones (excluding diaryl/α,β-unsaturated/α-hetero) is 1. The van der Waals surface area contributed by atoms with Gasteiger partial charge in [0.15, 0.2) is 16.6 Å². The number of anilines is 1. The molecule has 2 atom stereocenters. The van der Waals surface area contributed by atoms with Gasteiger partial charge in [0.1, 0.15) is 5.69 Å². The second-order valence-corrected chi connectivity index (χ2v) is 12.2. The lowest BCUT2D eigenvalue weighted by Crippen LogP contribution is -2.64. The molecular formula is C25H37N9O8S2. The van der Waals surface area contributed by atoms with E-state index < -0.39 is 51.9 Å². The van der Waals surface area contributed by atoms with E-state index in [1.807, 2.05) is 13.8 Å². The molecule has 0 aromatic carbocycles. The van der Waals surface area contributed by atoms with E-state index in [1.54, 1.807) is 0 Å². The summed E-state index contributed by atoms with van der Waals surface area (Å²) in [7, 11) is -4.96. The molecule has 0 radical (unpaired) electrons. The fourth-order valence-corrected chi connectivity index (χ4v) is 5.86. The predicted molar refractivity (Wildman–Crippen MR) is 159 cm³/mol. The number of aromatic nitrogens is 4. The zero-order valence-corrected chi connectivity index (χ0v) is 26.0. The van der Waals surface area contributed by atoms with Gasteiger partial charge in [-0.3, -0.25) is 14.1 Å². The van der Waals surface area contributed by atoms with Crippen molar-refractivity contribution >= 4 is 55.9 Å². The zero-order chi connectivity index (χ0) is 32.7. The Morgan fingerprint density at radius 3 is 2.55 bits per heavy atom. The first kappa shape index (κ1) is 34.7. The number of amides is 1. The number of carboxylic acids is 1. The highest BCUT2D eigenvalue weighted by atomic mass is 32.2. The second-order valence-electron chi connectivity index (χ2n) is 10.1. The van der Waals surface area contributed by atoms with Gasteiger partial charge in [-0.05, 0) is 38.6 Å². The zero-order valence-electron chi connectivity index (χ0n) is 24.4. The highest BCUT2D eigenvalue weighted by Crippen LogP contribution is 2.40. The first-order valence-corrected chi connectivity index (χ1v) is 16.3. The molecule has 1 aliphatic carbocycles. The molecule has 17 nitrogen and oxygen atoms in total. The van der Waals surface area contributed by atoms with E-state index in [4.69, 9.17) is 21.7 Å². The Hall–Kier alpha value is -3.81. The summed E-state index contributed by atoms with van der Waals surface area (Å²) in [6.07, 6.45) is 4.42. The van der Waals surface area contributed by atoms with Crippen LogP contribution in [0, 0.1) is 11.3 Å². The van der Waals surface area contributed by atoms with Crippen LogP contribution >= 0.6 is 11.3 Å². The number of oxime groups is 1. The molecule has 2 aromatic rings. The summed E-state index contributed by atoms with van der Waals surface area (Å²) in [4.78, 5) is 48.0. The minimum atomic E-state index is -4.96. The van der Waals surface area contributed by atoms with E-state index in [1.165, 1.54) is 11.6 Å². The number of aryl methyl sites for hydroxylation is 1. The van der Waals surface area contributed by atoms with Gasteiger partial charge in [0.2, 0.25) is 11.5 Å². The Morgan fingerprint density at radius 1 is 1.27 bits per heavy atom. The molecule has 2 fully saturated rings. The Kier molecular flexibility index (Phi) is 11.6. The van der Waals surface area contributed by atoms with Gasteiger partial charge in [-0.1, -0.05) is 19.0 Å². The van der Waals surface area contributed by atoms with Crippen molar-refractivity contribution in [2.45, 2.75) is 83.4 Å². The maximum absolute atomic E-state index is 13.3. The van der Waals surface area contributed by atoms with E-state index in [0.717, 1.165) is 29.0 Å². The first-order chi connectivity index (χ1) is 20.8. The third-order valence-corrected chi connectivity index (χ3v) is 8.56. The molecular weight excluding hydrogens is 618 g/mol. The molecule has 242 valence electrons. The van der Waals surface area contributed by atoms with Gasteiger partial charge >= 0.3 is 16.3 Å². The van der Waals surface area contributed by atoms with Crippen molar-refractivity contribution in [3.05, 3.63) is 23.0 Å². The van der Waals surface area contributed by atoms with Gasteiger partial charge in [-0.2, -0.15) is 23.4 Å². The molecule has 1 saturated heterocycles. The van der Waals surface area contributed by atoms with Crippen LogP contribution in [0.3, 0.4) is 0 Å². The SMILES string of the molecule is CC.N=C(CCCCN)CCc1cnn(C[C@@H]2[C@H](CC(=O)/C(=N\OC3(C(=O)O)CC3)c3csc(N)n3)C(=O)N2S(=O)(=O)O)n1. The number of carboxylic acid groups (broad SMARTS) is 1. The van der Waals surface area contributed by atoms with Crippen LogP contribution in [-0.2, 0) is 42.5 Å². The van der Waals surface area contributed by atoms with E-state index in [0.29, 0.717) is 37.2 Å². The summed E-state index contributed by atoms with van der Waals surface area (Å²) >= 11 is 0.999. The van der Waals surface area contributed by atoms with Crippen molar-refractivity contribution in [2.24, 2.45) is 16.8 Å². The monoisotopic (exact) mass is 655 g/mol. The Bertz CT molecular complexity index is 1500. The molecule has 19 heteroatoms. The molecule has 1 aliphatic heterocycles. The number of rotatable bonds is 17. The lowest BCUT2D eigenvalue weighted by molar-refractivity contribution is -0.153. The van der Waals surface area contributed by atoms with Gasteiger partial charge in [0, 0.05) is 30.4 Å². The number of aliphatic carboxylic acids is 1. The van der Waals surface area contributed by atoms with Gasteiger partial charge in [-0.15, -0.1) is 11.3 Å². The van der Waals surface area contributed by atoms with E-state index >= 15 is 0 Å². The Morgan fingerprint density at radius 2 is 1.98 bits per heavy atom. The van der Waals surface area contributed by atoms with Gasteiger partial charge in [0.25, 0.3) is 0 Å². The minimum Gasteiger partial charge on any atom is -0.478 e. The Labute approximate surface area is 258 Å². The maximum Gasteiger partial charge on any atom is 0.362 e. The molecule has 2 aliphatic rings. The summed E-state index contributed by atoms with van der Waals surface area (Å²) in [6, 6.07) is -1.21. The second kappa shape index (κ2) is 14.8. The summed E-state index contributed by atoms with van der Waals surface area (Å²) in [5, 5.41) is 31.1. The highest BCUT2D eigenvalue weighted by Gasteiger charge is 2.56. The van der Waals surface area contributed by atoms with Gasteiger partial charge < -0.3 is 26.8 Å². The van der Waals surface area contributed by atoms with Crippen molar-refractivity contribution < 1.29 is 37.3 Å². The molecule has 7 N–H and O–H groups in total. The van der Waals surface area contributed by atoms with Crippen LogP contribution in [0.1, 0.15) is 70.2 Å². The number of nitrogens with one attached hydrogen (secondary N) is 1. The number of carbonyl (C=O) groups excluding carboxylic acids is 2. The smallest absolute Gasteiger partial charge is 0.362 e. The molecule has 2 aromatic heterocycles. The lowest BCUT2D eigenvalue weighted by atomic mass is 9.84. The number of nitrogens with two attached hydrogens (primary N) is 2. The van der Waals surface area contributed by atoms with Crippen molar-refractivity contribution in [2.75, 3.05) is 12.3 Å². The van der Waals surface area contributed by atoms with Crippen LogP contribution in [0.25, 0.3) is 0 Å². The number of β-lactam (4-membered cyclic amide) rings is 1. The average molecular weight is 656 g/mol. The highest BCUT2D eigenvalue weighted by molar-refractivity contribution is 7.84. The van der Waals surface area contributed by atoms with Crippen LogP contribution in [0.2, 0.25) is 0 Å². The van der Waals surface area contributed by atoms with Gasteiger partial charge in [-0.25, -0.2) is 14.1 Å². The summed E-state index contributed by atoms with van der Waals surface area (Å²) in [5.41, 5.74) is 10.3. The number of hydrogen-bond donors (Lipinski definition) is 5. The molecule has 1 amide bonds. The number of thiazole rings is 1. The molecule has 0 spiro atoms. The van der Waals surface area contributed by atoms with Crippen LogP contribution < -0.4 is 11.5 Å². The third kappa shape index (κ3) is 8.42. The van der Waals surface area contributed by atoms with E-state index in [9.17, 15) is 32.5 Å². The quantitative estimate of drug-likeness (QED) is 0.0525. The van der Waals surface area contributed by atoms with E-state index in [2.05, 4.69) is 20.3 Å². The lowest BCUT2D eigenvalue weighted by Gasteiger charge is -2.43. The van der Waals surface area contributed by atoms with Crippen molar-refractivity contribution in [3.63, 3.8) is 0 Å². The van der Waals surface area contributed by atoms with Crippen LogP contribution in [0.5, 0.6) is 0 Å². The van der Waals surface area contributed by atoms with Crippen LogP contribution in [0.4, 0.5) is 5.13 Å². The average Bonchev–Trinajstić information content (AvgIpc) is 3.44. The molecule has 0 unspecified atom stereocenters. The molecule has 0 bridgehead atoms. The van der Waals surface area contributed by atoms with Crippen molar-refractivity contribution in [3.8, 4) is 0 Å². The number of carbonyl (C=O) groups is 3. The first-order valence-electron chi connectivity index (χ1n) is 14.0. The van der Waals surface area contributed by atoms with Crippen molar-refractivity contribution in [1.82, 2.24) is 24.3 Å². The topological polar surface area (TPSA) is 270 Å². The number of nitrogen functional groups attached to an aromatic ring is 1. The number of ketones is 1. The fourth-order valence-electron chi connectivity index (χ4n) is 4.40. The normalized spacial score (nSPS) is 19.0. The number of unbranched alkanes of at least 4 members (excludes halogenated alkanes) is 1. The van der Waals surface area contributed by atoms with Crippen molar-refractivity contribution in [1.29, 1.82) is 5.41 Å². The van der Waals surface area contributed by atoms with Crippen LogP contribution in [0.15, 0.2) is 16.7 Å². The number of hydrogen-bond acceptors (Lipinski definition) is 14. The van der Waals surface area contributed by atoms with Gasteiger partial charge in [0.05, 0.1) is 30.4 Å². The minimum absolute atomic E-state index is 0.00521. The Balaban J connectivity index is 0.00000259. The van der Waals surface area contributed by atoms with Crippen LogP contribution in [-0.4, -0.2) is 89.6 Å². The summed E-state index contributed by atoms with van der Waals surface area (Å²) < 4.78 is 33.8. The largest absolute Gasteiger partial charge is 0.478 e. The fraction of sp³-hybridized carbons (Fsp3) is 0.600. The summed E-state index contributed by atoms with van der Waals surface area (Å²) in [5.74, 6) is -4.25. The molecule has 1 saturated carbocycles. The molecule has 44 heavy (non-hydrogen) atoms.